The van der Waals surface area contributed by atoms with Gasteiger partial charge in [-0.25, -0.2) is 0 Å². The summed E-state index contributed by atoms with van der Waals surface area (Å²) < 4.78 is 11.1. The SMILES string of the molecule is N[S+]([O-])c1ccc(C2CC23CCCC3)cc1. The monoisotopic (exact) mass is 235 g/mol. The van der Waals surface area contributed by atoms with Crippen molar-refractivity contribution in [3.05, 3.63) is 29.8 Å². The van der Waals surface area contributed by atoms with Crippen LogP contribution in [0.2, 0.25) is 0 Å². The molecule has 0 bridgehead atoms. The van der Waals surface area contributed by atoms with Gasteiger partial charge in [0.15, 0.2) is 4.90 Å². The molecule has 16 heavy (non-hydrogen) atoms. The topological polar surface area (TPSA) is 49.1 Å². The summed E-state index contributed by atoms with van der Waals surface area (Å²) in [6.07, 6.45) is 6.98. The van der Waals surface area contributed by atoms with Gasteiger partial charge in [0.2, 0.25) is 0 Å². The van der Waals surface area contributed by atoms with Crippen molar-refractivity contribution in [1.82, 2.24) is 0 Å². The van der Waals surface area contributed by atoms with Gasteiger partial charge in [-0.15, -0.1) is 5.14 Å². The van der Waals surface area contributed by atoms with Crippen molar-refractivity contribution in [1.29, 1.82) is 0 Å². The molecule has 2 aliphatic rings. The molecule has 0 heterocycles. The number of benzene rings is 1. The summed E-state index contributed by atoms with van der Waals surface area (Å²) in [6, 6.07) is 8.04. The molecule has 2 N–H and O–H groups in total. The van der Waals surface area contributed by atoms with Crippen molar-refractivity contribution >= 4 is 11.4 Å². The molecule has 0 amide bonds. The maximum absolute atomic E-state index is 11.1. The number of hydrogen-bond acceptors (Lipinski definition) is 2. The molecule has 0 saturated heterocycles. The van der Waals surface area contributed by atoms with Gasteiger partial charge in [0, 0.05) is 0 Å². The fraction of sp³-hybridized carbons (Fsp3) is 0.538. The number of nitrogens with two attached hydrogens (primary N) is 1. The van der Waals surface area contributed by atoms with Crippen LogP contribution in [0.4, 0.5) is 0 Å². The van der Waals surface area contributed by atoms with Crippen molar-refractivity contribution in [3.63, 3.8) is 0 Å². The second kappa shape index (κ2) is 3.76. The van der Waals surface area contributed by atoms with Crippen LogP contribution in [0.3, 0.4) is 0 Å². The van der Waals surface area contributed by atoms with Gasteiger partial charge in [-0.1, -0.05) is 25.0 Å². The van der Waals surface area contributed by atoms with E-state index in [2.05, 4.69) is 12.1 Å². The minimum absolute atomic E-state index is 0.642. The standard InChI is InChI=1S/C13H17NOS/c14-16(15)11-5-3-10(4-6-11)12-9-13(12)7-1-2-8-13/h3-6,12H,1-2,7-9,14H2. The number of hydrogen-bond donors (Lipinski definition) is 1. The molecule has 3 heteroatoms. The van der Waals surface area contributed by atoms with Crippen LogP contribution in [-0.2, 0) is 11.4 Å². The van der Waals surface area contributed by atoms with Crippen LogP contribution in [0.25, 0.3) is 0 Å². The Kier molecular flexibility index (Phi) is 2.50. The largest absolute Gasteiger partial charge is 0.593 e. The molecule has 0 radical (unpaired) electrons. The van der Waals surface area contributed by atoms with E-state index in [0.717, 1.165) is 10.8 Å². The molecule has 86 valence electrons. The second-order valence-electron chi connectivity index (χ2n) is 5.19. The van der Waals surface area contributed by atoms with E-state index < -0.39 is 11.4 Å². The van der Waals surface area contributed by atoms with Crippen molar-refractivity contribution in [2.75, 3.05) is 0 Å². The van der Waals surface area contributed by atoms with Gasteiger partial charge < -0.3 is 4.55 Å². The molecule has 1 spiro atoms. The Labute approximate surface area is 99.5 Å². The van der Waals surface area contributed by atoms with Crippen LogP contribution < -0.4 is 5.14 Å². The third-order valence-electron chi connectivity index (χ3n) is 4.30. The predicted octanol–water partition coefficient (Wildman–Crippen LogP) is 2.72. The van der Waals surface area contributed by atoms with E-state index in [0.29, 0.717) is 5.41 Å². The zero-order valence-electron chi connectivity index (χ0n) is 9.32. The van der Waals surface area contributed by atoms with Gasteiger partial charge in [-0.3, -0.25) is 0 Å². The van der Waals surface area contributed by atoms with Crippen LogP contribution in [0, 0.1) is 5.41 Å². The Morgan fingerprint density at radius 3 is 2.38 bits per heavy atom. The van der Waals surface area contributed by atoms with Crippen LogP contribution in [-0.4, -0.2) is 4.55 Å². The summed E-state index contributed by atoms with van der Waals surface area (Å²) in [4.78, 5) is 0.727. The first-order valence-corrected chi connectivity index (χ1v) is 7.19. The fourth-order valence-corrected chi connectivity index (χ4v) is 3.69. The van der Waals surface area contributed by atoms with Crippen molar-refractivity contribution in [2.24, 2.45) is 10.6 Å². The Bertz CT molecular complexity index is 381. The third kappa shape index (κ3) is 1.67. The Morgan fingerprint density at radius 2 is 1.81 bits per heavy atom. The molecule has 1 aromatic rings. The van der Waals surface area contributed by atoms with Gasteiger partial charge in [0.25, 0.3) is 0 Å². The van der Waals surface area contributed by atoms with E-state index in [1.165, 1.54) is 37.7 Å². The summed E-state index contributed by atoms with van der Waals surface area (Å²) in [7, 11) is 0. The van der Waals surface area contributed by atoms with Crippen molar-refractivity contribution in [3.8, 4) is 0 Å². The highest BCUT2D eigenvalue weighted by molar-refractivity contribution is 7.89. The molecule has 2 aliphatic carbocycles. The molecule has 2 saturated carbocycles. The van der Waals surface area contributed by atoms with Crippen LogP contribution in [0.5, 0.6) is 0 Å². The van der Waals surface area contributed by atoms with Gasteiger partial charge >= 0.3 is 0 Å². The van der Waals surface area contributed by atoms with Gasteiger partial charge in [-0.05, 0) is 48.3 Å². The van der Waals surface area contributed by atoms with Gasteiger partial charge in [0.1, 0.15) is 0 Å². The molecule has 2 atom stereocenters. The van der Waals surface area contributed by atoms with E-state index in [4.69, 9.17) is 5.14 Å². The normalized spacial score (nSPS) is 28.2. The first-order valence-electron chi connectivity index (χ1n) is 5.97. The lowest BCUT2D eigenvalue weighted by Gasteiger charge is -2.08. The molecule has 0 aliphatic heterocycles. The Hall–Kier alpha value is -0.510. The quantitative estimate of drug-likeness (QED) is 0.801. The lowest BCUT2D eigenvalue weighted by atomic mass is 9.98. The van der Waals surface area contributed by atoms with E-state index in [-0.39, 0.29) is 0 Å². The van der Waals surface area contributed by atoms with Gasteiger partial charge in [0.05, 0.1) is 11.4 Å². The highest BCUT2D eigenvalue weighted by Crippen LogP contribution is 2.67. The average Bonchev–Trinajstić information content (AvgIpc) is 2.77. The highest BCUT2D eigenvalue weighted by atomic mass is 32.2. The zero-order valence-corrected chi connectivity index (χ0v) is 10.1. The van der Waals surface area contributed by atoms with E-state index in [9.17, 15) is 4.55 Å². The summed E-state index contributed by atoms with van der Waals surface area (Å²) in [6.45, 7) is 0. The molecule has 2 fully saturated rings. The van der Waals surface area contributed by atoms with Crippen LogP contribution in [0.1, 0.15) is 43.6 Å². The van der Waals surface area contributed by atoms with Gasteiger partial charge in [-0.2, -0.15) is 0 Å². The summed E-state index contributed by atoms with van der Waals surface area (Å²) in [5.74, 6) is 0.759. The first-order chi connectivity index (χ1) is 7.71. The third-order valence-corrected chi connectivity index (χ3v) is 5.04. The molecular weight excluding hydrogens is 218 g/mol. The lowest BCUT2D eigenvalue weighted by Crippen LogP contribution is -2.11. The molecular formula is C13H17NOS. The van der Waals surface area contributed by atoms with Crippen LogP contribution in [0.15, 0.2) is 29.2 Å². The van der Waals surface area contributed by atoms with Crippen molar-refractivity contribution in [2.45, 2.75) is 42.9 Å². The highest BCUT2D eigenvalue weighted by Gasteiger charge is 2.55. The average molecular weight is 235 g/mol. The molecule has 2 unspecified atom stereocenters. The smallest absolute Gasteiger partial charge is 0.173 e. The summed E-state index contributed by atoms with van der Waals surface area (Å²) in [5, 5.41) is 5.34. The summed E-state index contributed by atoms with van der Waals surface area (Å²) in [5.41, 5.74) is 2.06. The van der Waals surface area contributed by atoms with Crippen molar-refractivity contribution < 1.29 is 4.55 Å². The molecule has 2 nitrogen and oxygen atoms in total. The lowest BCUT2D eigenvalue weighted by molar-refractivity contribution is 0.512. The fourth-order valence-electron chi connectivity index (χ4n) is 3.28. The number of rotatable bonds is 2. The Morgan fingerprint density at radius 1 is 1.19 bits per heavy atom. The second-order valence-corrected chi connectivity index (χ2v) is 6.26. The van der Waals surface area contributed by atoms with E-state index in [1.54, 1.807) is 0 Å². The van der Waals surface area contributed by atoms with E-state index in [1.807, 2.05) is 12.1 Å². The maximum atomic E-state index is 11.1. The minimum Gasteiger partial charge on any atom is -0.593 e. The Balaban J connectivity index is 1.77. The zero-order chi connectivity index (χ0) is 11.2. The van der Waals surface area contributed by atoms with Crippen LogP contribution >= 0.6 is 0 Å². The summed E-state index contributed by atoms with van der Waals surface area (Å²) >= 11 is -1.34. The minimum atomic E-state index is -1.34. The predicted molar refractivity (Wildman–Crippen MR) is 65.3 cm³/mol. The molecule has 1 aromatic carbocycles. The molecule has 0 aromatic heterocycles. The van der Waals surface area contributed by atoms with E-state index >= 15 is 0 Å². The first kappa shape index (κ1) is 10.6. The maximum Gasteiger partial charge on any atom is 0.173 e. The molecule has 3 rings (SSSR count).